The van der Waals surface area contributed by atoms with E-state index in [1.165, 1.54) is 25.3 Å². The molecule has 0 bridgehead atoms. The lowest BCUT2D eigenvalue weighted by atomic mass is 10.1. The van der Waals surface area contributed by atoms with Gasteiger partial charge < -0.3 is 14.4 Å². The Morgan fingerprint density at radius 1 is 1.50 bits per heavy atom. The minimum Gasteiger partial charge on any atom is -0.495 e. The third-order valence-electron chi connectivity index (χ3n) is 2.22. The summed E-state index contributed by atoms with van der Waals surface area (Å²) in [6.45, 7) is 0. The van der Waals surface area contributed by atoms with Crippen molar-refractivity contribution < 1.29 is 23.6 Å². The largest absolute Gasteiger partial charge is 0.495 e. The van der Waals surface area contributed by atoms with Gasteiger partial charge in [-0.2, -0.15) is 0 Å². The van der Waals surface area contributed by atoms with Crippen molar-refractivity contribution in [1.82, 2.24) is 5.16 Å². The van der Waals surface area contributed by atoms with Crippen LogP contribution in [-0.4, -0.2) is 23.3 Å². The SMILES string of the molecule is COc1cc(F)cc(-c2cc(C(=O)O)no2)c1Br. The average molecular weight is 316 g/mol. The second-order valence-corrected chi connectivity index (χ2v) is 4.14. The lowest BCUT2D eigenvalue weighted by molar-refractivity contribution is 0.0686. The molecule has 0 radical (unpaired) electrons. The van der Waals surface area contributed by atoms with Gasteiger partial charge in [-0.05, 0) is 22.0 Å². The highest BCUT2D eigenvalue weighted by Crippen LogP contribution is 2.36. The number of benzene rings is 1. The quantitative estimate of drug-likeness (QED) is 0.942. The normalized spacial score (nSPS) is 10.4. The van der Waals surface area contributed by atoms with E-state index in [4.69, 9.17) is 14.4 Å². The molecular weight excluding hydrogens is 309 g/mol. The number of carboxylic acids is 1. The number of rotatable bonds is 3. The highest BCUT2D eigenvalue weighted by atomic mass is 79.9. The fourth-order valence-electron chi connectivity index (χ4n) is 1.40. The summed E-state index contributed by atoms with van der Waals surface area (Å²) in [6, 6.07) is 3.60. The number of halogens is 2. The topological polar surface area (TPSA) is 72.6 Å². The molecule has 2 rings (SSSR count). The van der Waals surface area contributed by atoms with Gasteiger partial charge in [0, 0.05) is 17.7 Å². The van der Waals surface area contributed by atoms with Crippen molar-refractivity contribution in [2.45, 2.75) is 0 Å². The van der Waals surface area contributed by atoms with Gasteiger partial charge in [-0.3, -0.25) is 0 Å². The van der Waals surface area contributed by atoms with Gasteiger partial charge in [0.1, 0.15) is 11.6 Å². The van der Waals surface area contributed by atoms with Crippen LogP contribution in [0.15, 0.2) is 27.2 Å². The van der Waals surface area contributed by atoms with Crippen molar-refractivity contribution in [1.29, 1.82) is 0 Å². The number of methoxy groups -OCH3 is 1. The summed E-state index contributed by atoms with van der Waals surface area (Å²) < 4.78 is 23.7. The van der Waals surface area contributed by atoms with Crippen LogP contribution in [0, 0.1) is 5.82 Å². The Bertz CT molecular complexity index is 611. The lowest BCUT2D eigenvalue weighted by Crippen LogP contribution is -1.94. The minimum absolute atomic E-state index is 0.136. The molecule has 0 aliphatic carbocycles. The van der Waals surface area contributed by atoms with Crippen molar-refractivity contribution in [2.75, 3.05) is 7.11 Å². The standard InChI is InChI=1S/C11H7BrFNO4/c1-17-9-3-5(13)2-6(10(9)12)8-4-7(11(15)16)14-18-8/h2-4H,1H3,(H,15,16). The van der Waals surface area contributed by atoms with Gasteiger partial charge in [0.25, 0.3) is 0 Å². The van der Waals surface area contributed by atoms with E-state index in [1.807, 2.05) is 0 Å². The molecule has 2 aromatic rings. The van der Waals surface area contributed by atoms with Crippen LogP contribution in [0.3, 0.4) is 0 Å². The smallest absolute Gasteiger partial charge is 0.358 e. The van der Waals surface area contributed by atoms with E-state index in [-0.39, 0.29) is 17.2 Å². The fourth-order valence-corrected chi connectivity index (χ4v) is 1.98. The number of carbonyl (C=O) groups is 1. The zero-order chi connectivity index (χ0) is 13.3. The maximum absolute atomic E-state index is 13.4. The molecule has 0 saturated carbocycles. The van der Waals surface area contributed by atoms with E-state index in [2.05, 4.69) is 21.1 Å². The molecule has 5 nitrogen and oxygen atoms in total. The van der Waals surface area contributed by atoms with E-state index in [1.54, 1.807) is 0 Å². The number of aromatic nitrogens is 1. The molecule has 0 amide bonds. The van der Waals surface area contributed by atoms with Gasteiger partial charge >= 0.3 is 5.97 Å². The number of carboxylic acid groups (broad SMARTS) is 1. The first kappa shape index (κ1) is 12.6. The van der Waals surface area contributed by atoms with Crippen molar-refractivity contribution in [3.63, 3.8) is 0 Å². The van der Waals surface area contributed by atoms with Gasteiger partial charge in [0.05, 0.1) is 11.6 Å². The summed E-state index contributed by atoms with van der Waals surface area (Å²) in [6.07, 6.45) is 0. The summed E-state index contributed by atoms with van der Waals surface area (Å²) in [5.74, 6) is -1.34. The van der Waals surface area contributed by atoms with E-state index in [9.17, 15) is 9.18 Å². The molecular formula is C11H7BrFNO4. The summed E-state index contributed by atoms with van der Waals surface area (Å²) in [7, 11) is 1.40. The highest BCUT2D eigenvalue weighted by molar-refractivity contribution is 9.10. The predicted molar refractivity (Wildman–Crippen MR) is 63.1 cm³/mol. The van der Waals surface area contributed by atoms with Crippen LogP contribution in [0.5, 0.6) is 5.75 Å². The zero-order valence-corrected chi connectivity index (χ0v) is 10.7. The molecule has 1 aromatic carbocycles. The third-order valence-corrected chi connectivity index (χ3v) is 3.04. The van der Waals surface area contributed by atoms with Crippen LogP contribution in [0.25, 0.3) is 11.3 Å². The highest BCUT2D eigenvalue weighted by Gasteiger charge is 2.17. The molecule has 0 atom stereocenters. The summed E-state index contributed by atoms with van der Waals surface area (Å²) in [5, 5.41) is 12.1. The number of aromatic carboxylic acids is 1. The Balaban J connectivity index is 2.55. The first-order valence-corrected chi connectivity index (χ1v) is 5.55. The lowest BCUT2D eigenvalue weighted by Gasteiger charge is -2.06. The molecule has 1 N–H and O–H groups in total. The Labute approximate surface area is 109 Å². The first-order valence-electron chi connectivity index (χ1n) is 4.76. The number of hydrogen-bond acceptors (Lipinski definition) is 4. The number of hydrogen-bond donors (Lipinski definition) is 1. The monoisotopic (exact) mass is 315 g/mol. The van der Waals surface area contributed by atoms with Gasteiger partial charge in [0.15, 0.2) is 11.5 Å². The van der Waals surface area contributed by atoms with Gasteiger partial charge in [0.2, 0.25) is 0 Å². The molecule has 0 saturated heterocycles. The molecule has 0 aliphatic heterocycles. The maximum atomic E-state index is 13.4. The molecule has 1 aromatic heterocycles. The number of ether oxygens (including phenoxy) is 1. The van der Waals surface area contributed by atoms with Crippen LogP contribution in [0.2, 0.25) is 0 Å². The fraction of sp³-hybridized carbons (Fsp3) is 0.0909. The first-order chi connectivity index (χ1) is 8.52. The second kappa shape index (κ2) is 4.77. The summed E-state index contributed by atoms with van der Waals surface area (Å²) in [4.78, 5) is 10.7. The van der Waals surface area contributed by atoms with Gasteiger partial charge in [-0.25, -0.2) is 9.18 Å². The number of nitrogens with zero attached hydrogens (tertiary/aromatic N) is 1. The molecule has 18 heavy (non-hydrogen) atoms. The van der Waals surface area contributed by atoms with E-state index in [0.29, 0.717) is 10.0 Å². The minimum atomic E-state index is -1.22. The van der Waals surface area contributed by atoms with Crippen molar-refractivity contribution >= 4 is 21.9 Å². The van der Waals surface area contributed by atoms with Crippen molar-refractivity contribution in [2.24, 2.45) is 0 Å². The molecule has 0 unspecified atom stereocenters. The molecule has 94 valence electrons. The van der Waals surface area contributed by atoms with Gasteiger partial charge in [-0.15, -0.1) is 0 Å². The van der Waals surface area contributed by atoms with E-state index >= 15 is 0 Å². The van der Waals surface area contributed by atoms with E-state index in [0.717, 1.165) is 0 Å². The van der Waals surface area contributed by atoms with Crippen LogP contribution < -0.4 is 4.74 Å². The maximum Gasteiger partial charge on any atom is 0.358 e. The average Bonchev–Trinajstić information content (AvgIpc) is 2.81. The van der Waals surface area contributed by atoms with Crippen LogP contribution in [0.1, 0.15) is 10.5 Å². The summed E-state index contributed by atoms with van der Waals surface area (Å²) >= 11 is 3.23. The Hall–Kier alpha value is -1.89. The Kier molecular flexibility index (Phi) is 3.33. The Morgan fingerprint density at radius 2 is 2.22 bits per heavy atom. The van der Waals surface area contributed by atoms with Crippen molar-refractivity contribution in [3.05, 3.63) is 34.2 Å². The van der Waals surface area contributed by atoms with Crippen LogP contribution >= 0.6 is 15.9 Å². The molecule has 0 spiro atoms. The van der Waals surface area contributed by atoms with Crippen LogP contribution in [0.4, 0.5) is 4.39 Å². The van der Waals surface area contributed by atoms with Gasteiger partial charge in [-0.1, -0.05) is 5.16 Å². The van der Waals surface area contributed by atoms with E-state index < -0.39 is 11.8 Å². The van der Waals surface area contributed by atoms with Crippen LogP contribution in [-0.2, 0) is 0 Å². The Morgan fingerprint density at radius 3 is 2.78 bits per heavy atom. The molecule has 7 heteroatoms. The molecule has 0 fully saturated rings. The molecule has 1 heterocycles. The summed E-state index contributed by atoms with van der Waals surface area (Å²) in [5.41, 5.74) is 0.0759. The second-order valence-electron chi connectivity index (χ2n) is 3.35. The zero-order valence-electron chi connectivity index (χ0n) is 9.11. The predicted octanol–water partition coefficient (Wildman–Crippen LogP) is 2.95. The third kappa shape index (κ3) is 2.21. The van der Waals surface area contributed by atoms with Crippen molar-refractivity contribution in [3.8, 4) is 17.1 Å². The molecule has 0 aliphatic rings.